The third kappa shape index (κ3) is 44.2. The number of aliphatic hydroxyl groups excluding tert-OH is 2. The molecule has 0 saturated heterocycles. The molecule has 0 aliphatic rings. The quantitative estimate of drug-likeness (QED) is 0.0322. The van der Waals surface area contributed by atoms with Gasteiger partial charge in [0, 0.05) is 6.42 Å². The van der Waals surface area contributed by atoms with Gasteiger partial charge in [0.05, 0.1) is 25.2 Å². The predicted octanol–water partition coefficient (Wildman–Crippen LogP) is 15.8. The molecule has 61 heavy (non-hydrogen) atoms. The van der Waals surface area contributed by atoms with Crippen molar-refractivity contribution in [1.82, 2.24) is 5.32 Å². The molecule has 1 amide bonds. The molecule has 0 aromatic carbocycles. The van der Waals surface area contributed by atoms with E-state index in [1.807, 2.05) is 0 Å². The fourth-order valence-electron chi connectivity index (χ4n) is 7.91. The minimum Gasteiger partial charge on any atom is -0.462 e. The van der Waals surface area contributed by atoms with E-state index in [2.05, 4.69) is 74.7 Å². The van der Waals surface area contributed by atoms with Gasteiger partial charge in [0.15, 0.2) is 0 Å². The Morgan fingerprint density at radius 2 is 0.885 bits per heavy atom. The van der Waals surface area contributed by atoms with Crippen molar-refractivity contribution in [2.45, 2.75) is 283 Å². The Hall–Kier alpha value is -2.18. The summed E-state index contributed by atoms with van der Waals surface area (Å²) in [5.74, 6) is -0.502. The van der Waals surface area contributed by atoms with Gasteiger partial charge in [-0.05, 0) is 83.5 Å². The lowest BCUT2D eigenvalue weighted by atomic mass is 10.0. The molecule has 0 aliphatic heterocycles. The van der Waals surface area contributed by atoms with Gasteiger partial charge in [-0.25, -0.2) is 0 Å². The van der Waals surface area contributed by atoms with Crippen LogP contribution in [0.15, 0.2) is 48.6 Å². The number of ether oxygens (including phenoxy) is 1. The van der Waals surface area contributed by atoms with Gasteiger partial charge in [-0.1, -0.05) is 217 Å². The van der Waals surface area contributed by atoms with Crippen LogP contribution in [-0.2, 0) is 14.3 Å². The van der Waals surface area contributed by atoms with E-state index in [1.165, 1.54) is 122 Å². The van der Waals surface area contributed by atoms with Crippen molar-refractivity contribution in [3.8, 4) is 0 Å². The van der Waals surface area contributed by atoms with Gasteiger partial charge in [0.2, 0.25) is 5.91 Å². The van der Waals surface area contributed by atoms with Crippen LogP contribution < -0.4 is 5.32 Å². The van der Waals surface area contributed by atoms with Gasteiger partial charge in [0.25, 0.3) is 0 Å². The van der Waals surface area contributed by atoms with Gasteiger partial charge in [-0.3, -0.25) is 9.59 Å². The summed E-state index contributed by atoms with van der Waals surface area (Å²) in [6.45, 7) is 6.37. The van der Waals surface area contributed by atoms with Crippen LogP contribution in [0, 0.1) is 0 Å². The highest BCUT2D eigenvalue weighted by atomic mass is 16.5. The second-order valence-electron chi connectivity index (χ2n) is 17.9. The lowest BCUT2D eigenvalue weighted by Gasteiger charge is -2.24. The van der Waals surface area contributed by atoms with Crippen LogP contribution in [-0.4, -0.2) is 46.9 Å². The standard InChI is InChI=1S/C55H101NO5/c1-4-7-10-13-16-19-22-25-27-29-31-34-37-40-43-46-51(61-55(60)48-45-42-39-36-33-30-26-23-20-17-14-11-8-5-2)49-54(59)56-52(50-57)53(58)47-44-41-38-35-32-28-24-21-18-15-12-9-6-3/h8,11,17,20,25-27,30,51-53,57-58H,4-7,9-10,12-16,18-19,21-24,28-29,31-50H2,1-3H3,(H,56,59)/b11-8+,20-17+,27-25+,30-26+. The van der Waals surface area contributed by atoms with Gasteiger partial charge >= 0.3 is 5.97 Å². The topological polar surface area (TPSA) is 95.9 Å². The van der Waals surface area contributed by atoms with Gasteiger partial charge in [0.1, 0.15) is 6.10 Å². The first-order valence-corrected chi connectivity index (χ1v) is 26.4. The molecule has 0 aromatic heterocycles. The summed E-state index contributed by atoms with van der Waals surface area (Å²) in [5, 5.41) is 23.8. The fraction of sp³-hybridized carbons (Fsp3) is 0.818. The summed E-state index contributed by atoms with van der Waals surface area (Å²) in [6, 6.07) is -0.708. The molecule has 0 bridgehead atoms. The average molecular weight is 856 g/mol. The van der Waals surface area contributed by atoms with E-state index >= 15 is 0 Å². The van der Waals surface area contributed by atoms with E-state index in [0.717, 1.165) is 96.3 Å². The number of rotatable bonds is 47. The maximum atomic E-state index is 13.2. The Labute approximate surface area is 378 Å². The monoisotopic (exact) mass is 856 g/mol. The molecule has 3 N–H and O–H groups in total. The third-order valence-electron chi connectivity index (χ3n) is 11.9. The molecular formula is C55H101NO5. The lowest BCUT2D eigenvalue weighted by Crippen LogP contribution is -2.46. The fourth-order valence-corrected chi connectivity index (χ4v) is 7.91. The number of hydrogen-bond donors (Lipinski definition) is 3. The zero-order valence-electron chi connectivity index (χ0n) is 40.5. The highest BCUT2D eigenvalue weighted by Crippen LogP contribution is 2.18. The summed E-state index contributed by atoms with van der Waals surface area (Å²) in [5.41, 5.74) is 0. The Bertz CT molecular complexity index is 1050. The number of esters is 1. The molecule has 3 unspecified atom stereocenters. The van der Waals surface area contributed by atoms with Crippen LogP contribution in [0.5, 0.6) is 0 Å². The van der Waals surface area contributed by atoms with E-state index in [4.69, 9.17) is 4.74 Å². The SMILES string of the molecule is CC/C=C/C/C=C/C/C=C/CCCCCCC(=O)OC(CCCCCCC/C=C/CCCCCCCC)CC(=O)NC(CO)C(O)CCCCCCCCCCCCCCC. The van der Waals surface area contributed by atoms with Crippen molar-refractivity contribution in [3.63, 3.8) is 0 Å². The van der Waals surface area contributed by atoms with E-state index < -0.39 is 18.2 Å². The lowest BCUT2D eigenvalue weighted by molar-refractivity contribution is -0.151. The zero-order valence-corrected chi connectivity index (χ0v) is 40.5. The number of allylic oxidation sites excluding steroid dienone is 8. The minimum atomic E-state index is -0.793. The van der Waals surface area contributed by atoms with Crippen LogP contribution in [0.3, 0.4) is 0 Å². The molecule has 0 aromatic rings. The number of carbonyl (C=O) groups excluding carboxylic acids is 2. The Balaban J connectivity index is 4.62. The maximum Gasteiger partial charge on any atom is 0.306 e. The summed E-state index contributed by atoms with van der Waals surface area (Å²) < 4.78 is 5.93. The normalized spacial score (nSPS) is 13.6. The first-order valence-electron chi connectivity index (χ1n) is 26.4. The first-order chi connectivity index (χ1) is 30.0. The van der Waals surface area contributed by atoms with Crippen molar-refractivity contribution >= 4 is 11.9 Å². The number of unbranched alkanes of at least 4 members (excludes halogenated alkanes) is 27. The smallest absolute Gasteiger partial charge is 0.306 e. The van der Waals surface area contributed by atoms with Gasteiger partial charge in [-0.15, -0.1) is 0 Å². The van der Waals surface area contributed by atoms with Crippen LogP contribution >= 0.6 is 0 Å². The van der Waals surface area contributed by atoms with Crippen molar-refractivity contribution in [3.05, 3.63) is 48.6 Å². The van der Waals surface area contributed by atoms with Crippen molar-refractivity contribution in [2.24, 2.45) is 0 Å². The Morgan fingerprint density at radius 3 is 1.36 bits per heavy atom. The minimum absolute atomic E-state index is 0.0636. The molecule has 6 nitrogen and oxygen atoms in total. The Morgan fingerprint density at radius 1 is 0.492 bits per heavy atom. The summed E-state index contributed by atoms with van der Waals surface area (Å²) >= 11 is 0. The third-order valence-corrected chi connectivity index (χ3v) is 11.9. The molecule has 0 rings (SSSR count). The van der Waals surface area contributed by atoms with Crippen molar-refractivity contribution < 1.29 is 24.5 Å². The van der Waals surface area contributed by atoms with E-state index in [1.54, 1.807) is 0 Å². The highest BCUT2D eigenvalue weighted by molar-refractivity contribution is 5.77. The molecule has 0 spiro atoms. The highest BCUT2D eigenvalue weighted by Gasteiger charge is 2.24. The molecule has 356 valence electrons. The number of carbonyl (C=O) groups is 2. The first kappa shape index (κ1) is 58.8. The maximum absolute atomic E-state index is 13.2. The summed E-state index contributed by atoms with van der Waals surface area (Å²) in [7, 11) is 0. The summed E-state index contributed by atoms with van der Waals surface area (Å²) in [4.78, 5) is 26.2. The number of aliphatic hydroxyl groups is 2. The number of amides is 1. The van der Waals surface area contributed by atoms with E-state index in [0.29, 0.717) is 19.3 Å². The molecule has 0 aliphatic carbocycles. The molecule has 3 atom stereocenters. The van der Waals surface area contributed by atoms with Crippen LogP contribution in [0.1, 0.15) is 265 Å². The number of hydrogen-bond acceptors (Lipinski definition) is 5. The van der Waals surface area contributed by atoms with Crippen LogP contribution in [0.25, 0.3) is 0 Å². The van der Waals surface area contributed by atoms with Crippen LogP contribution in [0.2, 0.25) is 0 Å². The average Bonchev–Trinajstić information content (AvgIpc) is 3.25. The van der Waals surface area contributed by atoms with Crippen molar-refractivity contribution in [1.29, 1.82) is 0 Å². The molecule has 0 radical (unpaired) electrons. The Kier molecular flexibility index (Phi) is 47.1. The number of nitrogens with one attached hydrogen (secondary N) is 1. The second kappa shape index (κ2) is 48.8. The second-order valence-corrected chi connectivity index (χ2v) is 17.9. The van der Waals surface area contributed by atoms with Crippen molar-refractivity contribution in [2.75, 3.05) is 6.61 Å². The molecule has 0 fully saturated rings. The van der Waals surface area contributed by atoms with Gasteiger partial charge in [-0.2, -0.15) is 0 Å². The van der Waals surface area contributed by atoms with Gasteiger partial charge < -0.3 is 20.3 Å². The molecular weight excluding hydrogens is 755 g/mol. The summed E-state index contributed by atoms with van der Waals surface area (Å²) in [6.07, 6.45) is 58.8. The van der Waals surface area contributed by atoms with E-state index in [-0.39, 0.29) is 24.9 Å². The molecule has 0 heterocycles. The van der Waals surface area contributed by atoms with Crippen LogP contribution in [0.4, 0.5) is 0 Å². The van der Waals surface area contributed by atoms with E-state index in [9.17, 15) is 19.8 Å². The molecule has 6 heteroatoms. The largest absolute Gasteiger partial charge is 0.462 e. The molecule has 0 saturated carbocycles. The predicted molar refractivity (Wildman–Crippen MR) is 264 cm³/mol. The zero-order chi connectivity index (χ0) is 44.5.